The summed E-state index contributed by atoms with van der Waals surface area (Å²) in [6, 6.07) is 17.6. The second kappa shape index (κ2) is 7.98. The highest BCUT2D eigenvalue weighted by Crippen LogP contribution is 2.31. The van der Waals surface area contributed by atoms with Crippen molar-refractivity contribution in [2.75, 3.05) is 38.2 Å². The molecule has 1 aromatic heterocycles. The lowest BCUT2D eigenvalue weighted by Crippen LogP contribution is -2.48. The monoisotopic (exact) mass is 395 g/mol. The number of carbonyl (C=O) groups excluding carboxylic acids is 1. The molecule has 1 aliphatic heterocycles. The first-order valence-corrected chi connectivity index (χ1v) is 9.65. The van der Waals surface area contributed by atoms with E-state index in [0.717, 1.165) is 18.8 Å². The van der Waals surface area contributed by atoms with Crippen LogP contribution in [0, 0.1) is 0 Å². The van der Waals surface area contributed by atoms with Gasteiger partial charge in [0.25, 0.3) is 5.91 Å². The molecule has 0 bridgehead atoms. The van der Waals surface area contributed by atoms with Gasteiger partial charge in [0, 0.05) is 50.3 Å². The molecule has 1 amide bonds. The molecule has 0 radical (unpaired) electrons. The summed E-state index contributed by atoms with van der Waals surface area (Å²) in [5.41, 5.74) is 2.47. The Hall–Kier alpha value is -2.92. The normalized spacial score (nSPS) is 14.2. The van der Waals surface area contributed by atoms with Gasteiger partial charge in [-0.15, -0.1) is 0 Å². The molecule has 4 rings (SSSR count). The number of hydrogen-bond donors (Lipinski definition) is 0. The summed E-state index contributed by atoms with van der Waals surface area (Å²) in [6.07, 6.45) is 3.82. The number of benzene rings is 2. The first kappa shape index (κ1) is 18.4. The zero-order chi connectivity index (χ0) is 19.5. The minimum Gasteiger partial charge on any atom is -0.496 e. The van der Waals surface area contributed by atoms with E-state index in [0.29, 0.717) is 29.4 Å². The molecule has 2 aromatic carbocycles. The second-order valence-corrected chi connectivity index (χ2v) is 7.12. The topological polar surface area (TPSA) is 37.7 Å². The Balaban J connectivity index is 1.53. The first-order chi connectivity index (χ1) is 13.7. The predicted molar refractivity (Wildman–Crippen MR) is 112 cm³/mol. The summed E-state index contributed by atoms with van der Waals surface area (Å²) in [5.74, 6) is 0.481. The van der Waals surface area contributed by atoms with E-state index in [4.69, 9.17) is 16.3 Å². The molecule has 0 saturated carbocycles. The highest BCUT2D eigenvalue weighted by atomic mass is 35.5. The summed E-state index contributed by atoms with van der Waals surface area (Å²) in [5, 5.41) is 0.517. The smallest absolute Gasteiger partial charge is 0.257 e. The fraction of sp³-hybridized carbons (Fsp3) is 0.227. The van der Waals surface area contributed by atoms with E-state index >= 15 is 0 Å². The summed E-state index contributed by atoms with van der Waals surface area (Å²) < 4.78 is 7.41. The van der Waals surface area contributed by atoms with E-state index in [9.17, 15) is 4.79 Å². The Bertz CT molecular complexity index is 949. The molecule has 0 spiro atoms. The molecule has 1 fully saturated rings. The fourth-order valence-electron chi connectivity index (χ4n) is 3.55. The minimum atomic E-state index is -0.0504. The molecule has 0 aliphatic carbocycles. The molecule has 1 saturated heterocycles. The van der Waals surface area contributed by atoms with Gasteiger partial charge in [0.2, 0.25) is 0 Å². The molecule has 1 aliphatic rings. The van der Waals surface area contributed by atoms with Crippen molar-refractivity contribution in [3.05, 3.63) is 77.6 Å². The standard InChI is InChI=1S/C22H22ClN3O2/c1-28-21-16-20(25-9-5-6-10-25)19(23)15-18(21)22(27)26-13-11-24(12-14-26)17-7-3-2-4-8-17/h2-10,15-16H,11-14H2,1H3. The molecule has 0 atom stereocenters. The number of hydrogen-bond acceptors (Lipinski definition) is 3. The number of aromatic nitrogens is 1. The summed E-state index contributed by atoms with van der Waals surface area (Å²) in [6.45, 7) is 2.92. The van der Waals surface area contributed by atoms with Crippen molar-refractivity contribution in [3.63, 3.8) is 0 Å². The van der Waals surface area contributed by atoms with Crippen molar-refractivity contribution >= 4 is 23.2 Å². The maximum Gasteiger partial charge on any atom is 0.257 e. The average Bonchev–Trinajstić information content (AvgIpc) is 3.28. The molecule has 3 aromatic rings. The number of para-hydroxylation sites is 1. The van der Waals surface area contributed by atoms with Crippen LogP contribution in [-0.4, -0.2) is 48.7 Å². The molecule has 2 heterocycles. The van der Waals surface area contributed by atoms with Gasteiger partial charge in [-0.3, -0.25) is 4.79 Å². The summed E-state index contributed by atoms with van der Waals surface area (Å²) >= 11 is 6.48. The third-order valence-electron chi connectivity index (χ3n) is 5.07. The van der Waals surface area contributed by atoms with Gasteiger partial charge in [0.15, 0.2) is 0 Å². The number of rotatable bonds is 4. The number of halogens is 1. The number of ether oxygens (including phenoxy) is 1. The van der Waals surface area contributed by atoms with Crippen LogP contribution in [0.25, 0.3) is 5.69 Å². The van der Waals surface area contributed by atoms with Crippen LogP contribution in [0.5, 0.6) is 5.75 Å². The third kappa shape index (κ3) is 3.58. The van der Waals surface area contributed by atoms with E-state index in [2.05, 4.69) is 17.0 Å². The predicted octanol–water partition coefficient (Wildman–Crippen LogP) is 4.10. The maximum atomic E-state index is 13.1. The molecule has 6 heteroatoms. The third-order valence-corrected chi connectivity index (χ3v) is 5.37. The minimum absolute atomic E-state index is 0.0504. The van der Waals surface area contributed by atoms with Crippen LogP contribution < -0.4 is 9.64 Å². The number of nitrogens with zero attached hydrogens (tertiary/aromatic N) is 3. The van der Waals surface area contributed by atoms with Crippen molar-refractivity contribution in [1.29, 1.82) is 0 Å². The van der Waals surface area contributed by atoms with Gasteiger partial charge in [-0.25, -0.2) is 0 Å². The van der Waals surface area contributed by atoms with Gasteiger partial charge in [0.05, 0.1) is 23.4 Å². The molecule has 5 nitrogen and oxygen atoms in total. The van der Waals surface area contributed by atoms with Crippen molar-refractivity contribution in [2.45, 2.75) is 0 Å². The average molecular weight is 396 g/mol. The van der Waals surface area contributed by atoms with Crippen molar-refractivity contribution < 1.29 is 9.53 Å². The van der Waals surface area contributed by atoms with Crippen LogP contribution in [-0.2, 0) is 0 Å². The number of methoxy groups -OCH3 is 1. The summed E-state index contributed by atoms with van der Waals surface area (Å²) in [4.78, 5) is 17.3. The van der Waals surface area contributed by atoms with Crippen LogP contribution in [0.15, 0.2) is 67.0 Å². The first-order valence-electron chi connectivity index (χ1n) is 9.27. The zero-order valence-corrected chi connectivity index (χ0v) is 16.5. The Morgan fingerprint density at radius 2 is 1.64 bits per heavy atom. The lowest BCUT2D eigenvalue weighted by molar-refractivity contribution is 0.0743. The molecule has 28 heavy (non-hydrogen) atoms. The highest BCUT2D eigenvalue weighted by molar-refractivity contribution is 6.33. The van der Waals surface area contributed by atoms with Crippen LogP contribution in [0.2, 0.25) is 5.02 Å². The lowest BCUT2D eigenvalue weighted by Gasteiger charge is -2.36. The second-order valence-electron chi connectivity index (χ2n) is 6.71. The van der Waals surface area contributed by atoms with Gasteiger partial charge in [-0.05, 0) is 30.3 Å². The number of amides is 1. The Morgan fingerprint density at radius 3 is 2.29 bits per heavy atom. The summed E-state index contributed by atoms with van der Waals surface area (Å²) in [7, 11) is 1.58. The van der Waals surface area contributed by atoms with Crippen LogP contribution in [0.1, 0.15) is 10.4 Å². The van der Waals surface area contributed by atoms with Gasteiger partial charge in [-0.2, -0.15) is 0 Å². The van der Waals surface area contributed by atoms with Gasteiger partial charge < -0.3 is 19.1 Å². The van der Waals surface area contributed by atoms with E-state index in [-0.39, 0.29) is 5.91 Å². The van der Waals surface area contributed by atoms with E-state index in [1.165, 1.54) is 5.69 Å². The molecule has 0 unspecified atom stereocenters. The van der Waals surface area contributed by atoms with Crippen LogP contribution in [0.4, 0.5) is 5.69 Å². The number of piperazine rings is 1. The largest absolute Gasteiger partial charge is 0.496 e. The molecular formula is C22H22ClN3O2. The SMILES string of the molecule is COc1cc(-n2cccc2)c(Cl)cc1C(=O)N1CCN(c2ccccc2)CC1. The van der Waals surface area contributed by atoms with Crippen molar-refractivity contribution in [3.8, 4) is 11.4 Å². The van der Waals surface area contributed by atoms with Gasteiger partial charge in [-0.1, -0.05) is 29.8 Å². The lowest BCUT2D eigenvalue weighted by atomic mass is 10.1. The van der Waals surface area contributed by atoms with Crippen LogP contribution >= 0.6 is 11.6 Å². The van der Waals surface area contributed by atoms with Crippen molar-refractivity contribution in [1.82, 2.24) is 9.47 Å². The quantitative estimate of drug-likeness (QED) is 0.667. The van der Waals surface area contributed by atoms with Crippen molar-refractivity contribution in [2.24, 2.45) is 0 Å². The Kier molecular flexibility index (Phi) is 5.26. The molecule has 0 N–H and O–H groups in total. The van der Waals surface area contributed by atoms with E-state index < -0.39 is 0 Å². The Labute approximate surface area is 169 Å². The van der Waals surface area contributed by atoms with Crippen LogP contribution in [0.3, 0.4) is 0 Å². The Morgan fingerprint density at radius 1 is 0.964 bits per heavy atom. The molecular weight excluding hydrogens is 374 g/mol. The fourth-order valence-corrected chi connectivity index (χ4v) is 3.81. The zero-order valence-electron chi connectivity index (χ0n) is 15.7. The highest BCUT2D eigenvalue weighted by Gasteiger charge is 2.25. The van der Waals surface area contributed by atoms with E-state index in [1.807, 2.05) is 58.3 Å². The van der Waals surface area contributed by atoms with Gasteiger partial charge >= 0.3 is 0 Å². The molecule has 144 valence electrons. The van der Waals surface area contributed by atoms with E-state index in [1.54, 1.807) is 13.2 Å². The number of carbonyl (C=O) groups is 1. The number of anilines is 1. The maximum absolute atomic E-state index is 13.1. The van der Waals surface area contributed by atoms with Gasteiger partial charge in [0.1, 0.15) is 5.75 Å².